The summed E-state index contributed by atoms with van der Waals surface area (Å²) < 4.78 is 4.54. The average Bonchev–Trinajstić information content (AvgIpc) is 2.44. The lowest BCUT2D eigenvalue weighted by Gasteiger charge is -2.24. The van der Waals surface area contributed by atoms with Crippen LogP contribution < -0.4 is 10.9 Å². The number of ether oxygens (including phenoxy) is 1. The number of H-pyrrole nitrogens is 1. The quantitative estimate of drug-likeness (QED) is 0.438. The molecule has 1 rings (SSSR count). The van der Waals surface area contributed by atoms with Crippen LogP contribution in [0.1, 0.15) is 32.9 Å². The van der Waals surface area contributed by atoms with Gasteiger partial charge in [0.05, 0.1) is 25.0 Å². The fraction of sp³-hybridized carbons (Fsp3) is 0.571. The molecule has 22 heavy (non-hydrogen) atoms. The summed E-state index contributed by atoms with van der Waals surface area (Å²) in [6, 6.07) is 1.24. The molecule has 0 aliphatic heterocycles. The molecule has 1 aromatic rings. The van der Waals surface area contributed by atoms with E-state index in [9.17, 15) is 14.4 Å². The van der Waals surface area contributed by atoms with Crippen LogP contribution in [0.15, 0.2) is 16.0 Å². The van der Waals surface area contributed by atoms with E-state index in [0.29, 0.717) is 10.9 Å². The zero-order valence-electron chi connectivity index (χ0n) is 13.2. The average molecular weight is 327 g/mol. The van der Waals surface area contributed by atoms with Crippen LogP contribution in [-0.4, -0.2) is 40.2 Å². The van der Waals surface area contributed by atoms with Crippen LogP contribution in [0.4, 0.5) is 0 Å². The smallest absolute Gasteiger partial charge is 0.311 e. The highest BCUT2D eigenvalue weighted by molar-refractivity contribution is 7.99. The van der Waals surface area contributed by atoms with Gasteiger partial charge in [0.15, 0.2) is 5.16 Å². The highest BCUT2D eigenvalue weighted by atomic mass is 32.2. The van der Waals surface area contributed by atoms with Crippen LogP contribution in [0, 0.1) is 0 Å². The summed E-state index contributed by atoms with van der Waals surface area (Å²) in [6.45, 7) is 5.86. The Morgan fingerprint density at radius 1 is 1.45 bits per heavy atom. The lowest BCUT2D eigenvalue weighted by Crippen LogP contribution is -2.43. The van der Waals surface area contributed by atoms with E-state index in [1.54, 1.807) is 0 Å². The Balaban J connectivity index is 2.68. The summed E-state index contributed by atoms with van der Waals surface area (Å²) in [5.41, 5.74) is -0.330. The summed E-state index contributed by atoms with van der Waals surface area (Å²) in [5, 5.41) is 3.19. The molecule has 122 valence electrons. The molecule has 0 bridgehead atoms. The first-order valence-electron chi connectivity index (χ1n) is 6.86. The van der Waals surface area contributed by atoms with E-state index < -0.39 is 5.97 Å². The number of carbonyl (C=O) groups excluding carboxylic acids is 2. The molecule has 0 aromatic carbocycles. The van der Waals surface area contributed by atoms with Crippen LogP contribution in [0.3, 0.4) is 0 Å². The van der Waals surface area contributed by atoms with E-state index in [2.05, 4.69) is 20.0 Å². The van der Waals surface area contributed by atoms with Gasteiger partial charge in [-0.25, -0.2) is 4.98 Å². The third-order valence-electron chi connectivity index (χ3n) is 3.03. The number of aromatic nitrogens is 2. The minimum atomic E-state index is -0.475. The van der Waals surface area contributed by atoms with Crippen LogP contribution >= 0.6 is 11.8 Å². The normalized spacial score (nSPS) is 11.1. The van der Waals surface area contributed by atoms with Gasteiger partial charge in [0, 0.05) is 11.6 Å². The molecule has 2 N–H and O–H groups in total. The lowest BCUT2D eigenvalue weighted by atomic mass is 10.0. The van der Waals surface area contributed by atoms with Crippen LogP contribution in [0.25, 0.3) is 0 Å². The maximum absolute atomic E-state index is 11.9. The summed E-state index contributed by atoms with van der Waals surface area (Å²) >= 11 is 1.11. The Morgan fingerprint density at radius 2 is 2.14 bits per heavy atom. The molecule has 0 fully saturated rings. The topological polar surface area (TPSA) is 101 Å². The zero-order chi connectivity index (χ0) is 16.8. The highest BCUT2D eigenvalue weighted by Crippen LogP contribution is 2.13. The first-order chi connectivity index (χ1) is 10.3. The molecule has 1 heterocycles. The number of aromatic amines is 1. The fourth-order valence-electron chi connectivity index (χ4n) is 1.50. The molecule has 0 atom stereocenters. The predicted molar refractivity (Wildman–Crippen MR) is 83.8 cm³/mol. The number of nitrogens with one attached hydrogen (secondary N) is 2. The van der Waals surface area contributed by atoms with Gasteiger partial charge in [0.2, 0.25) is 5.91 Å². The van der Waals surface area contributed by atoms with Crippen LogP contribution in [-0.2, 0) is 20.7 Å². The lowest BCUT2D eigenvalue weighted by molar-refractivity contribution is -0.139. The molecule has 1 aromatic heterocycles. The number of esters is 1. The number of hydrogen-bond donors (Lipinski definition) is 2. The van der Waals surface area contributed by atoms with Gasteiger partial charge >= 0.3 is 5.97 Å². The number of hydrogen-bond acceptors (Lipinski definition) is 6. The van der Waals surface area contributed by atoms with Crippen molar-refractivity contribution in [2.75, 3.05) is 12.9 Å². The SMILES string of the molecule is CCC(C)(C)NC(=O)CSc1nc(CC(=O)OC)cc(=O)[nH]1. The number of rotatable bonds is 7. The van der Waals surface area contributed by atoms with E-state index in [4.69, 9.17) is 0 Å². The van der Waals surface area contributed by atoms with Gasteiger partial charge in [-0.1, -0.05) is 18.7 Å². The molecule has 8 heteroatoms. The van der Waals surface area contributed by atoms with Crippen molar-refractivity contribution in [3.8, 4) is 0 Å². The van der Waals surface area contributed by atoms with Gasteiger partial charge in [-0.2, -0.15) is 0 Å². The second-order valence-electron chi connectivity index (χ2n) is 5.37. The molecule has 0 saturated carbocycles. The van der Waals surface area contributed by atoms with E-state index in [1.807, 2.05) is 20.8 Å². The maximum atomic E-state index is 11.9. The van der Waals surface area contributed by atoms with Crippen molar-refractivity contribution in [1.82, 2.24) is 15.3 Å². The van der Waals surface area contributed by atoms with Crippen molar-refractivity contribution in [2.24, 2.45) is 0 Å². The number of carbonyl (C=O) groups is 2. The summed E-state index contributed by atoms with van der Waals surface area (Å²) in [6.07, 6.45) is 0.732. The minimum Gasteiger partial charge on any atom is -0.469 e. The Hall–Kier alpha value is -1.83. The first-order valence-corrected chi connectivity index (χ1v) is 7.85. The zero-order valence-corrected chi connectivity index (χ0v) is 14.0. The molecule has 0 aliphatic carbocycles. The Labute approximate surface area is 133 Å². The number of amides is 1. The third-order valence-corrected chi connectivity index (χ3v) is 3.90. The van der Waals surface area contributed by atoms with Gasteiger partial charge in [-0.15, -0.1) is 0 Å². The Bertz CT molecular complexity index is 598. The molecule has 7 nitrogen and oxygen atoms in total. The second-order valence-corrected chi connectivity index (χ2v) is 6.33. The van der Waals surface area contributed by atoms with Crippen molar-refractivity contribution in [3.63, 3.8) is 0 Å². The van der Waals surface area contributed by atoms with Crippen molar-refractivity contribution >= 4 is 23.6 Å². The largest absolute Gasteiger partial charge is 0.469 e. The Kier molecular flexibility index (Phi) is 6.61. The molecule has 1 amide bonds. The standard InChI is InChI=1S/C14H21N3O4S/c1-5-14(2,3)17-11(19)8-22-13-15-9(6-10(18)16-13)7-12(20)21-4/h6H,5,7-8H2,1-4H3,(H,17,19)(H,15,16,18). The van der Waals surface area contributed by atoms with Crippen molar-refractivity contribution in [1.29, 1.82) is 0 Å². The summed E-state index contributed by atoms with van der Waals surface area (Å²) in [5.74, 6) is -0.483. The van der Waals surface area contributed by atoms with E-state index in [1.165, 1.54) is 13.2 Å². The van der Waals surface area contributed by atoms with Gasteiger partial charge in [0.25, 0.3) is 5.56 Å². The number of thioether (sulfide) groups is 1. The Morgan fingerprint density at radius 3 is 2.73 bits per heavy atom. The molecule has 0 aliphatic rings. The molecular formula is C14H21N3O4S. The molecule has 0 radical (unpaired) electrons. The van der Waals surface area contributed by atoms with E-state index >= 15 is 0 Å². The third kappa shape index (κ3) is 6.30. The van der Waals surface area contributed by atoms with Gasteiger partial charge in [-0.05, 0) is 20.3 Å². The molecule has 0 unspecified atom stereocenters. The fourth-order valence-corrected chi connectivity index (χ4v) is 2.19. The van der Waals surface area contributed by atoms with E-state index in [0.717, 1.165) is 18.2 Å². The minimum absolute atomic E-state index is 0.0803. The number of methoxy groups -OCH3 is 1. The van der Waals surface area contributed by atoms with Crippen molar-refractivity contribution in [2.45, 2.75) is 44.3 Å². The van der Waals surface area contributed by atoms with Gasteiger partial charge < -0.3 is 15.0 Å². The summed E-state index contributed by atoms with van der Waals surface area (Å²) in [7, 11) is 1.27. The van der Waals surface area contributed by atoms with Crippen LogP contribution in [0.5, 0.6) is 0 Å². The molecule has 0 saturated heterocycles. The van der Waals surface area contributed by atoms with Crippen molar-refractivity contribution < 1.29 is 14.3 Å². The van der Waals surface area contributed by atoms with Gasteiger partial charge in [-0.3, -0.25) is 14.4 Å². The predicted octanol–water partition coefficient (Wildman–Crippen LogP) is 0.882. The summed E-state index contributed by atoms with van der Waals surface area (Å²) in [4.78, 5) is 41.3. The van der Waals surface area contributed by atoms with Crippen LogP contribution in [0.2, 0.25) is 0 Å². The van der Waals surface area contributed by atoms with Gasteiger partial charge in [0.1, 0.15) is 0 Å². The molecular weight excluding hydrogens is 306 g/mol. The van der Waals surface area contributed by atoms with E-state index in [-0.39, 0.29) is 29.2 Å². The van der Waals surface area contributed by atoms with Crippen molar-refractivity contribution in [3.05, 3.63) is 22.1 Å². The maximum Gasteiger partial charge on any atom is 0.311 e. The second kappa shape index (κ2) is 7.98. The number of nitrogens with zero attached hydrogens (tertiary/aromatic N) is 1. The molecule has 0 spiro atoms. The highest BCUT2D eigenvalue weighted by Gasteiger charge is 2.18. The first kappa shape index (κ1) is 18.2. The monoisotopic (exact) mass is 327 g/mol.